The third-order valence-corrected chi connectivity index (χ3v) is 2.46. The molecule has 0 saturated carbocycles. The van der Waals surface area contributed by atoms with Gasteiger partial charge in [-0.1, -0.05) is 20.8 Å². The van der Waals surface area contributed by atoms with Crippen molar-refractivity contribution in [2.24, 2.45) is 5.41 Å². The summed E-state index contributed by atoms with van der Waals surface area (Å²) in [4.78, 5) is 13.8. The molecule has 1 aliphatic rings. The zero-order chi connectivity index (χ0) is 9.35. The second-order valence-electron chi connectivity index (χ2n) is 4.74. The van der Waals surface area contributed by atoms with Crippen LogP contribution < -0.4 is 0 Å². The maximum absolute atomic E-state index is 11.8. The Hall–Kier alpha value is -0.530. The zero-order valence-electron chi connectivity index (χ0n) is 8.55. The lowest BCUT2D eigenvalue weighted by molar-refractivity contribution is -0.139. The average Bonchev–Trinajstić information content (AvgIpc) is 2.31. The van der Waals surface area contributed by atoms with Gasteiger partial charge >= 0.3 is 0 Å². The molecule has 0 N–H and O–H groups in total. The first kappa shape index (κ1) is 9.56. The first-order valence-electron chi connectivity index (χ1n) is 4.74. The van der Waals surface area contributed by atoms with Crippen LogP contribution in [0, 0.1) is 5.41 Å². The number of nitrogens with zero attached hydrogens (tertiary/aromatic N) is 1. The summed E-state index contributed by atoms with van der Waals surface area (Å²) in [6.07, 6.45) is 2.34. The Bertz CT molecular complexity index is 181. The highest BCUT2D eigenvalue weighted by molar-refractivity contribution is 5.82. The number of carbonyl (C=O) groups excluding carboxylic acids is 1. The van der Waals surface area contributed by atoms with Crippen LogP contribution in [0.5, 0.6) is 0 Å². The molecule has 1 aliphatic heterocycles. The molecule has 0 unspecified atom stereocenters. The molecule has 1 saturated heterocycles. The van der Waals surface area contributed by atoms with Crippen molar-refractivity contribution in [3.63, 3.8) is 0 Å². The van der Waals surface area contributed by atoms with E-state index in [9.17, 15) is 4.79 Å². The van der Waals surface area contributed by atoms with Crippen LogP contribution in [-0.2, 0) is 4.79 Å². The van der Waals surface area contributed by atoms with E-state index in [0.717, 1.165) is 6.54 Å². The van der Waals surface area contributed by atoms with E-state index in [0.29, 0.717) is 11.9 Å². The Morgan fingerprint density at radius 2 is 2.00 bits per heavy atom. The van der Waals surface area contributed by atoms with Gasteiger partial charge in [-0.3, -0.25) is 4.79 Å². The van der Waals surface area contributed by atoms with Crippen molar-refractivity contribution in [3.8, 4) is 0 Å². The van der Waals surface area contributed by atoms with Crippen LogP contribution in [0.1, 0.15) is 40.5 Å². The molecule has 1 rings (SSSR count). The van der Waals surface area contributed by atoms with Crippen LogP contribution >= 0.6 is 0 Å². The van der Waals surface area contributed by atoms with Crippen molar-refractivity contribution in [1.82, 2.24) is 4.90 Å². The van der Waals surface area contributed by atoms with Gasteiger partial charge in [-0.25, -0.2) is 0 Å². The largest absolute Gasteiger partial charge is 0.340 e. The Labute approximate surface area is 74.9 Å². The van der Waals surface area contributed by atoms with Gasteiger partial charge in [0.1, 0.15) is 0 Å². The summed E-state index contributed by atoms with van der Waals surface area (Å²) in [5.41, 5.74) is -0.210. The number of likely N-dealkylation sites (tertiary alicyclic amines) is 1. The van der Waals surface area contributed by atoms with Crippen LogP contribution in [0.4, 0.5) is 0 Å². The number of hydrogen-bond donors (Lipinski definition) is 0. The molecule has 0 aromatic heterocycles. The van der Waals surface area contributed by atoms with Crippen molar-refractivity contribution in [1.29, 1.82) is 0 Å². The molecule has 2 nitrogen and oxygen atoms in total. The third-order valence-electron chi connectivity index (χ3n) is 2.46. The van der Waals surface area contributed by atoms with Crippen LogP contribution in [0.15, 0.2) is 0 Å². The molecular formula is C10H19NO. The van der Waals surface area contributed by atoms with E-state index in [4.69, 9.17) is 0 Å². The molecule has 2 heteroatoms. The van der Waals surface area contributed by atoms with Crippen molar-refractivity contribution >= 4 is 5.91 Å². The molecule has 70 valence electrons. The van der Waals surface area contributed by atoms with Gasteiger partial charge in [0, 0.05) is 18.0 Å². The average molecular weight is 169 g/mol. The number of carbonyl (C=O) groups is 1. The van der Waals surface area contributed by atoms with Gasteiger partial charge in [0.15, 0.2) is 0 Å². The van der Waals surface area contributed by atoms with E-state index in [1.807, 2.05) is 25.7 Å². The Balaban J connectivity index is 2.64. The van der Waals surface area contributed by atoms with E-state index in [-0.39, 0.29) is 5.41 Å². The highest BCUT2D eigenvalue weighted by atomic mass is 16.2. The fourth-order valence-electron chi connectivity index (χ4n) is 1.67. The third kappa shape index (κ3) is 1.79. The summed E-state index contributed by atoms with van der Waals surface area (Å²) >= 11 is 0. The number of amides is 1. The second kappa shape index (κ2) is 3.08. The predicted octanol–water partition coefficient (Wildman–Crippen LogP) is 2.04. The molecule has 1 atom stereocenters. The van der Waals surface area contributed by atoms with Gasteiger partial charge in [-0.15, -0.1) is 0 Å². The van der Waals surface area contributed by atoms with Crippen molar-refractivity contribution in [2.45, 2.75) is 46.6 Å². The molecule has 0 bridgehead atoms. The zero-order valence-corrected chi connectivity index (χ0v) is 8.55. The van der Waals surface area contributed by atoms with Crippen molar-refractivity contribution in [3.05, 3.63) is 0 Å². The molecule has 0 radical (unpaired) electrons. The molecule has 0 aromatic rings. The lowest BCUT2D eigenvalue weighted by Crippen LogP contribution is -2.41. The molecule has 0 spiro atoms. The summed E-state index contributed by atoms with van der Waals surface area (Å²) in [5, 5.41) is 0. The van der Waals surface area contributed by atoms with Crippen LogP contribution in [0.2, 0.25) is 0 Å². The fourth-order valence-corrected chi connectivity index (χ4v) is 1.67. The molecule has 1 heterocycles. The lowest BCUT2D eigenvalue weighted by Gasteiger charge is -2.29. The lowest BCUT2D eigenvalue weighted by atomic mass is 9.94. The van der Waals surface area contributed by atoms with Crippen LogP contribution in [0.3, 0.4) is 0 Å². The summed E-state index contributed by atoms with van der Waals surface area (Å²) in [7, 11) is 0. The Kier molecular flexibility index (Phi) is 2.45. The van der Waals surface area contributed by atoms with Gasteiger partial charge in [-0.2, -0.15) is 0 Å². The van der Waals surface area contributed by atoms with Gasteiger partial charge in [-0.05, 0) is 19.8 Å². The molecule has 1 fully saturated rings. The highest BCUT2D eigenvalue weighted by Crippen LogP contribution is 2.24. The maximum atomic E-state index is 11.8. The fraction of sp³-hybridized carbons (Fsp3) is 0.900. The van der Waals surface area contributed by atoms with Crippen molar-refractivity contribution < 1.29 is 4.79 Å². The van der Waals surface area contributed by atoms with Crippen LogP contribution in [-0.4, -0.2) is 23.4 Å². The van der Waals surface area contributed by atoms with E-state index in [2.05, 4.69) is 6.92 Å². The van der Waals surface area contributed by atoms with Gasteiger partial charge in [0.25, 0.3) is 0 Å². The van der Waals surface area contributed by atoms with Crippen molar-refractivity contribution in [2.75, 3.05) is 6.54 Å². The smallest absolute Gasteiger partial charge is 0.228 e. The van der Waals surface area contributed by atoms with E-state index < -0.39 is 0 Å². The SMILES string of the molecule is C[C@@H]1CCCN1C(=O)C(C)(C)C. The van der Waals surface area contributed by atoms with E-state index in [1.54, 1.807) is 0 Å². The Morgan fingerprint density at radius 3 is 2.33 bits per heavy atom. The first-order valence-corrected chi connectivity index (χ1v) is 4.74. The maximum Gasteiger partial charge on any atom is 0.228 e. The molecule has 0 aliphatic carbocycles. The molecule has 12 heavy (non-hydrogen) atoms. The summed E-state index contributed by atoms with van der Waals surface area (Å²) in [6, 6.07) is 0.455. The van der Waals surface area contributed by atoms with Gasteiger partial charge in [0.2, 0.25) is 5.91 Å². The second-order valence-corrected chi connectivity index (χ2v) is 4.74. The standard InChI is InChI=1S/C10H19NO/c1-8-6-5-7-11(8)9(12)10(2,3)4/h8H,5-7H2,1-4H3/t8-/m1/s1. The molecule has 0 aromatic carbocycles. The topological polar surface area (TPSA) is 20.3 Å². The van der Waals surface area contributed by atoms with E-state index >= 15 is 0 Å². The minimum Gasteiger partial charge on any atom is -0.340 e. The quantitative estimate of drug-likeness (QED) is 0.543. The van der Waals surface area contributed by atoms with E-state index in [1.165, 1.54) is 12.8 Å². The summed E-state index contributed by atoms with van der Waals surface area (Å²) < 4.78 is 0. The number of hydrogen-bond acceptors (Lipinski definition) is 1. The summed E-state index contributed by atoms with van der Waals surface area (Å²) in [6.45, 7) is 9.05. The monoisotopic (exact) mass is 169 g/mol. The van der Waals surface area contributed by atoms with Gasteiger partial charge < -0.3 is 4.90 Å². The summed E-state index contributed by atoms with van der Waals surface area (Å²) in [5.74, 6) is 0.299. The predicted molar refractivity (Wildman–Crippen MR) is 49.9 cm³/mol. The molecular weight excluding hydrogens is 150 g/mol. The normalized spacial score (nSPS) is 24.7. The minimum atomic E-state index is -0.210. The first-order chi connectivity index (χ1) is 5.43. The number of rotatable bonds is 0. The Morgan fingerprint density at radius 1 is 1.42 bits per heavy atom. The minimum absolute atomic E-state index is 0.210. The highest BCUT2D eigenvalue weighted by Gasteiger charge is 2.32. The van der Waals surface area contributed by atoms with Crippen LogP contribution in [0.25, 0.3) is 0 Å². The molecule has 1 amide bonds. The van der Waals surface area contributed by atoms with Gasteiger partial charge in [0.05, 0.1) is 0 Å².